The molecule has 36 heavy (non-hydrogen) atoms. The Bertz CT molecular complexity index is 1370. The molecule has 0 bridgehead atoms. The van der Waals surface area contributed by atoms with Crippen LogP contribution in [0.1, 0.15) is 43.9 Å². The molecule has 1 aromatic heterocycles. The fourth-order valence-corrected chi connectivity index (χ4v) is 4.41. The van der Waals surface area contributed by atoms with Gasteiger partial charge in [0.1, 0.15) is 11.9 Å². The first-order valence-electron chi connectivity index (χ1n) is 11.7. The third kappa shape index (κ3) is 4.88. The van der Waals surface area contributed by atoms with Crippen LogP contribution < -0.4 is 21.6 Å². The molecule has 1 aliphatic carbocycles. The van der Waals surface area contributed by atoms with Gasteiger partial charge in [-0.3, -0.25) is 9.99 Å². The van der Waals surface area contributed by atoms with Gasteiger partial charge in [0.05, 0.1) is 45.7 Å². The second-order valence-corrected chi connectivity index (χ2v) is 10.2. The van der Waals surface area contributed by atoms with Gasteiger partial charge in [-0.1, -0.05) is 23.7 Å². The Hall–Kier alpha value is -3.58. The summed E-state index contributed by atoms with van der Waals surface area (Å²) in [6, 6.07) is 12.3. The monoisotopic (exact) mass is 507 g/mol. The van der Waals surface area contributed by atoms with E-state index >= 15 is 0 Å². The molecule has 5 rings (SSSR count). The number of nitrogens with one attached hydrogen (secondary N) is 4. The Balaban J connectivity index is 1.57. The third-order valence-corrected chi connectivity index (χ3v) is 6.57. The van der Waals surface area contributed by atoms with E-state index < -0.39 is 5.54 Å². The van der Waals surface area contributed by atoms with Gasteiger partial charge in [0, 0.05) is 29.5 Å². The highest BCUT2D eigenvalue weighted by Crippen LogP contribution is 2.37. The van der Waals surface area contributed by atoms with E-state index in [1.807, 2.05) is 31.1 Å². The van der Waals surface area contributed by atoms with E-state index in [2.05, 4.69) is 32.6 Å². The number of pyridine rings is 1. The van der Waals surface area contributed by atoms with Crippen LogP contribution in [0.5, 0.6) is 0 Å². The predicted octanol–water partition coefficient (Wildman–Crippen LogP) is 4.56. The number of aliphatic hydroxyl groups is 1. The van der Waals surface area contributed by atoms with Crippen molar-refractivity contribution >= 4 is 33.9 Å². The summed E-state index contributed by atoms with van der Waals surface area (Å²) in [6.45, 7) is 3.54. The van der Waals surface area contributed by atoms with E-state index in [-0.39, 0.29) is 18.5 Å². The number of hydrogen-bond donors (Lipinski definition) is 5. The smallest absolute Gasteiger partial charge is 0.123 e. The Morgan fingerprint density at radius 2 is 2.06 bits per heavy atom. The summed E-state index contributed by atoms with van der Waals surface area (Å²) < 4.78 is 13.7. The molecule has 0 amide bonds. The summed E-state index contributed by atoms with van der Waals surface area (Å²) in [4.78, 5) is 4.40. The second-order valence-electron chi connectivity index (χ2n) is 9.77. The highest BCUT2D eigenvalue weighted by Gasteiger charge is 2.32. The summed E-state index contributed by atoms with van der Waals surface area (Å²) in [6.07, 6.45) is 5.75. The topological polar surface area (TPSA) is 108 Å². The van der Waals surface area contributed by atoms with Gasteiger partial charge in [0.2, 0.25) is 0 Å². The maximum atomic E-state index is 13.7. The molecule has 2 aliphatic rings. The number of fused-ring (bicyclic) bond motifs is 1. The molecule has 0 radical (unpaired) electrons. The highest BCUT2D eigenvalue weighted by atomic mass is 35.5. The van der Waals surface area contributed by atoms with Crippen molar-refractivity contribution in [2.24, 2.45) is 0 Å². The number of aliphatic hydroxyl groups excluding tert-OH is 1. The van der Waals surface area contributed by atoms with E-state index in [4.69, 9.17) is 11.6 Å². The molecular weight excluding hydrogens is 481 g/mol. The normalized spacial score (nSPS) is 16.3. The lowest BCUT2D eigenvalue weighted by Crippen LogP contribution is -2.38. The zero-order valence-corrected chi connectivity index (χ0v) is 20.7. The molecule has 1 saturated carbocycles. The minimum atomic E-state index is -0.678. The van der Waals surface area contributed by atoms with Crippen LogP contribution in [0.25, 0.3) is 10.9 Å². The van der Waals surface area contributed by atoms with Crippen LogP contribution in [-0.4, -0.2) is 33.3 Å². The average molecular weight is 508 g/mol. The van der Waals surface area contributed by atoms with Crippen molar-refractivity contribution < 1.29 is 9.50 Å². The number of hydrazine groups is 2. The van der Waals surface area contributed by atoms with Gasteiger partial charge in [-0.05, 0) is 56.5 Å². The molecular formula is C26H27ClFN7O. The molecule has 1 unspecified atom stereocenters. The first-order valence-corrected chi connectivity index (χ1v) is 12.1. The Morgan fingerprint density at radius 3 is 2.72 bits per heavy atom. The first-order chi connectivity index (χ1) is 17.3. The van der Waals surface area contributed by atoms with E-state index in [9.17, 15) is 14.8 Å². The van der Waals surface area contributed by atoms with Crippen molar-refractivity contribution in [3.05, 3.63) is 76.5 Å². The van der Waals surface area contributed by atoms with E-state index in [0.717, 1.165) is 24.1 Å². The fourth-order valence-electron chi connectivity index (χ4n) is 4.14. The molecule has 10 heteroatoms. The summed E-state index contributed by atoms with van der Waals surface area (Å²) in [5.74, 6) is -0.310. The van der Waals surface area contributed by atoms with Gasteiger partial charge in [-0.25, -0.2) is 4.39 Å². The van der Waals surface area contributed by atoms with Crippen molar-refractivity contribution in [3.63, 3.8) is 0 Å². The minimum absolute atomic E-state index is 0.135. The zero-order valence-electron chi connectivity index (χ0n) is 19.9. The molecule has 1 atom stereocenters. The Morgan fingerprint density at radius 1 is 1.31 bits per heavy atom. The van der Waals surface area contributed by atoms with Crippen LogP contribution in [0.15, 0.2) is 54.5 Å². The lowest BCUT2D eigenvalue weighted by atomic mass is 10.0. The molecule has 8 nitrogen and oxygen atoms in total. The number of hydrogen-bond acceptors (Lipinski definition) is 8. The number of benzene rings is 2. The summed E-state index contributed by atoms with van der Waals surface area (Å²) in [7, 11) is 0. The third-order valence-electron chi connectivity index (χ3n) is 6.28. The number of halogens is 2. The van der Waals surface area contributed by atoms with Crippen LogP contribution in [-0.2, 0) is 0 Å². The molecule has 0 spiro atoms. The predicted molar refractivity (Wildman–Crippen MR) is 138 cm³/mol. The van der Waals surface area contributed by atoms with Gasteiger partial charge in [0.25, 0.3) is 0 Å². The van der Waals surface area contributed by atoms with Crippen molar-refractivity contribution in [1.82, 2.24) is 21.0 Å². The van der Waals surface area contributed by atoms with Crippen molar-refractivity contribution in [3.8, 4) is 6.07 Å². The molecule has 2 aromatic carbocycles. The summed E-state index contributed by atoms with van der Waals surface area (Å²) in [5.41, 5.74) is 9.58. The molecule has 1 aliphatic heterocycles. The molecule has 1 fully saturated rings. The molecule has 3 aromatic rings. The van der Waals surface area contributed by atoms with E-state index in [0.29, 0.717) is 38.9 Å². The summed E-state index contributed by atoms with van der Waals surface area (Å²) in [5, 5.41) is 29.4. The van der Waals surface area contributed by atoms with Gasteiger partial charge in [-0.15, -0.1) is 5.53 Å². The molecule has 186 valence electrons. The maximum Gasteiger partial charge on any atom is 0.123 e. The van der Waals surface area contributed by atoms with Crippen LogP contribution in [0, 0.1) is 17.1 Å². The number of nitrogens with zero attached hydrogens (tertiary/aromatic N) is 3. The SMILES string of the molecule is CC(C)(CO)Nc1c(C#N)cnc2c(Cl)cc(NC(C3=CN(C4CC4)NN3)c3ccc(F)cc3)cc12. The standard InChI is InChI=1S/C26H27ClFN7O/c1-26(2,14-36)32-23-16(11-29)12-30-25-20(23)9-18(10-21(25)27)31-24(15-3-5-17(28)6-4-15)22-13-35(34-33-22)19-7-8-19/h3-6,9-10,12-13,19,24,31,33-34,36H,7-8,14H2,1-2H3,(H,30,32). The fraction of sp³-hybridized carbons (Fsp3) is 0.308. The van der Waals surface area contributed by atoms with E-state index in [1.165, 1.54) is 18.3 Å². The Labute approximate surface area is 213 Å². The minimum Gasteiger partial charge on any atom is -0.394 e. The zero-order chi connectivity index (χ0) is 25.4. The highest BCUT2D eigenvalue weighted by molar-refractivity contribution is 6.35. The number of aromatic nitrogens is 1. The average Bonchev–Trinajstić information content (AvgIpc) is 3.60. The van der Waals surface area contributed by atoms with Crippen LogP contribution in [0.4, 0.5) is 15.8 Å². The van der Waals surface area contributed by atoms with Gasteiger partial charge in [-0.2, -0.15) is 5.26 Å². The van der Waals surface area contributed by atoms with Crippen molar-refractivity contribution in [2.45, 2.75) is 44.3 Å². The molecule has 5 N–H and O–H groups in total. The first kappa shape index (κ1) is 24.1. The number of anilines is 2. The number of nitriles is 1. The molecule has 0 saturated heterocycles. The van der Waals surface area contributed by atoms with E-state index in [1.54, 1.807) is 18.2 Å². The lowest BCUT2D eigenvalue weighted by molar-refractivity contribution is 0.234. The van der Waals surface area contributed by atoms with Crippen LogP contribution in [0.2, 0.25) is 5.02 Å². The van der Waals surface area contributed by atoms with Crippen molar-refractivity contribution in [1.29, 1.82) is 5.26 Å². The maximum absolute atomic E-state index is 13.7. The Kier molecular flexibility index (Phi) is 6.35. The van der Waals surface area contributed by atoms with Gasteiger partial charge in [0.15, 0.2) is 0 Å². The van der Waals surface area contributed by atoms with Gasteiger partial charge >= 0.3 is 0 Å². The lowest BCUT2D eigenvalue weighted by Gasteiger charge is -2.27. The van der Waals surface area contributed by atoms with Gasteiger partial charge < -0.3 is 21.2 Å². The van der Waals surface area contributed by atoms with Crippen molar-refractivity contribution in [2.75, 3.05) is 17.2 Å². The quantitative estimate of drug-likeness (QED) is 0.302. The largest absolute Gasteiger partial charge is 0.394 e. The number of rotatable bonds is 8. The molecule has 2 heterocycles. The second kappa shape index (κ2) is 9.47. The summed E-state index contributed by atoms with van der Waals surface area (Å²) >= 11 is 6.65. The van der Waals surface area contributed by atoms with Crippen LogP contribution >= 0.6 is 11.6 Å². The van der Waals surface area contributed by atoms with Crippen LogP contribution in [0.3, 0.4) is 0 Å².